The molecule has 0 rings (SSSR count). The lowest BCUT2D eigenvalue weighted by molar-refractivity contribution is -0.141. The van der Waals surface area contributed by atoms with Gasteiger partial charge in [-0.1, -0.05) is 13.2 Å². The Labute approximate surface area is 92.1 Å². The second-order valence-electron chi connectivity index (χ2n) is 2.63. The fourth-order valence-corrected chi connectivity index (χ4v) is 0.591. The molecule has 0 aromatic heterocycles. The third-order valence-electron chi connectivity index (χ3n) is 1.22. The van der Waals surface area contributed by atoms with Crippen molar-refractivity contribution >= 4 is 11.9 Å². The highest BCUT2D eigenvalue weighted by molar-refractivity contribution is 5.68. The van der Waals surface area contributed by atoms with Gasteiger partial charge < -0.3 is 19.7 Å². The summed E-state index contributed by atoms with van der Waals surface area (Å²) in [4.78, 5) is 20.2. The van der Waals surface area contributed by atoms with E-state index in [1.165, 1.54) is 12.2 Å². The van der Waals surface area contributed by atoms with Crippen LogP contribution in [-0.2, 0) is 19.1 Å². The molecule has 0 aliphatic carbocycles. The average molecular weight is 228 g/mol. The molecule has 0 aliphatic rings. The van der Waals surface area contributed by atoms with E-state index in [0.717, 1.165) is 0 Å². The molecular weight excluding hydrogens is 216 g/mol. The minimum Gasteiger partial charge on any atom is -0.483 e. The highest BCUT2D eigenvalue weighted by Gasteiger charge is 1.99. The molecule has 88 valence electrons. The first-order chi connectivity index (χ1) is 7.41. The second-order valence-corrected chi connectivity index (χ2v) is 2.63. The predicted octanol–water partition coefficient (Wildman–Crippen LogP) is 0.772. The smallest absolute Gasteiger partial charge is 0.341 e. The molecule has 0 atom stereocenters. The van der Waals surface area contributed by atoms with Gasteiger partial charge in [0, 0.05) is 0 Å². The van der Waals surface area contributed by atoms with Crippen LogP contribution in [0.5, 0.6) is 0 Å². The fourth-order valence-electron chi connectivity index (χ4n) is 0.591. The van der Waals surface area contributed by atoms with Crippen LogP contribution in [0.1, 0.15) is 0 Å². The van der Waals surface area contributed by atoms with Crippen molar-refractivity contribution in [1.82, 2.24) is 0 Å². The SMILES string of the molecule is C=C(/C=C\C(=C)OCC(=O)O)OCC(=O)O. The van der Waals surface area contributed by atoms with E-state index in [9.17, 15) is 9.59 Å². The standard InChI is InChI=1S/C10H12O6/c1-7(15-5-9(11)12)3-4-8(2)16-6-10(13)14/h3-4H,1-2,5-6H2,(H,11,12)(H,13,14)/b4-3-. The zero-order valence-electron chi connectivity index (χ0n) is 8.51. The zero-order chi connectivity index (χ0) is 12.6. The lowest BCUT2D eigenvalue weighted by atomic mass is 10.4. The highest BCUT2D eigenvalue weighted by atomic mass is 16.5. The Hall–Kier alpha value is -2.24. The molecule has 0 aromatic carbocycles. The molecule has 2 N–H and O–H groups in total. The molecule has 0 saturated heterocycles. The van der Waals surface area contributed by atoms with Crippen molar-refractivity contribution in [1.29, 1.82) is 0 Å². The maximum absolute atomic E-state index is 10.1. The van der Waals surface area contributed by atoms with Crippen LogP contribution in [0.4, 0.5) is 0 Å². The number of rotatable bonds is 8. The summed E-state index contributed by atoms with van der Waals surface area (Å²) in [5, 5.41) is 16.6. The summed E-state index contributed by atoms with van der Waals surface area (Å²) in [6.45, 7) is 5.83. The lowest BCUT2D eigenvalue weighted by Gasteiger charge is -2.03. The minimum absolute atomic E-state index is 0.113. The van der Waals surface area contributed by atoms with Crippen LogP contribution in [0.3, 0.4) is 0 Å². The normalized spacial score (nSPS) is 9.75. The zero-order valence-corrected chi connectivity index (χ0v) is 8.51. The van der Waals surface area contributed by atoms with Crippen molar-refractivity contribution in [2.24, 2.45) is 0 Å². The van der Waals surface area contributed by atoms with Gasteiger partial charge in [0.05, 0.1) is 0 Å². The molecule has 0 amide bonds. The van der Waals surface area contributed by atoms with Crippen molar-refractivity contribution in [3.05, 3.63) is 36.8 Å². The Bertz CT molecular complexity index is 296. The molecule has 0 saturated carbocycles. The van der Waals surface area contributed by atoms with Crippen LogP contribution >= 0.6 is 0 Å². The van der Waals surface area contributed by atoms with Gasteiger partial charge in [-0.2, -0.15) is 0 Å². The van der Waals surface area contributed by atoms with Gasteiger partial charge in [0.25, 0.3) is 0 Å². The summed E-state index contributed by atoms with van der Waals surface area (Å²) in [6.07, 6.45) is 2.65. The number of allylic oxidation sites excluding steroid dienone is 2. The van der Waals surface area contributed by atoms with E-state index >= 15 is 0 Å². The van der Waals surface area contributed by atoms with Gasteiger partial charge in [-0.3, -0.25) is 0 Å². The van der Waals surface area contributed by atoms with Crippen molar-refractivity contribution < 1.29 is 29.3 Å². The van der Waals surface area contributed by atoms with E-state index in [1.54, 1.807) is 0 Å². The van der Waals surface area contributed by atoms with Crippen LogP contribution in [-0.4, -0.2) is 35.4 Å². The first kappa shape index (κ1) is 13.8. The molecule has 0 heterocycles. The van der Waals surface area contributed by atoms with Crippen molar-refractivity contribution in [3.63, 3.8) is 0 Å². The molecule has 0 radical (unpaired) electrons. The number of ether oxygens (including phenoxy) is 2. The topological polar surface area (TPSA) is 93.1 Å². The maximum atomic E-state index is 10.1. The molecule has 0 bridgehead atoms. The van der Waals surface area contributed by atoms with E-state index in [1.807, 2.05) is 0 Å². The first-order valence-corrected chi connectivity index (χ1v) is 4.17. The molecule has 6 nitrogen and oxygen atoms in total. The molecule has 16 heavy (non-hydrogen) atoms. The number of aliphatic carboxylic acids is 2. The fraction of sp³-hybridized carbons (Fsp3) is 0.200. The van der Waals surface area contributed by atoms with Gasteiger partial charge in [0.2, 0.25) is 0 Å². The molecule has 0 aromatic rings. The Balaban J connectivity index is 3.88. The Morgan fingerprint density at radius 2 is 1.25 bits per heavy atom. The molecule has 0 unspecified atom stereocenters. The molecule has 0 aliphatic heterocycles. The monoisotopic (exact) mass is 228 g/mol. The summed E-state index contributed by atoms with van der Waals surface area (Å²) < 4.78 is 9.37. The summed E-state index contributed by atoms with van der Waals surface area (Å²) in [6, 6.07) is 0. The van der Waals surface area contributed by atoms with E-state index in [-0.39, 0.29) is 11.5 Å². The van der Waals surface area contributed by atoms with Crippen LogP contribution in [0.2, 0.25) is 0 Å². The van der Waals surface area contributed by atoms with E-state index < -0.39 is 25.2 Å². The number of carboxylic acids is 2. The lowest BCUT2D eigenvalue weighted by Crippen LogP contribution is -2.06. The van der Waals surface area contributed by atoms with Gasteiger partial charge in [-0.25, -0.2) is 9.59 Å². The summed E-state index contributed by atoms with van der Waals surface area (Å²) in [5.41, 5.74) is 0. The van der Waals surface area contributed by atoms with E-state index in [4.69, 9.17) is 10.2 Å². The second kappa shape index (κ2) is 7.10. The van der Waals surface area contributed by atoms with E-state index in [0.29, 0.717) is 0 Å². The number of hydrogen-bond donors (Lipinski definition) is 2. The highest BCUT2D eigenvalue weighted by Crippen LogP contribution is 2.01. The average Bonchev–Trinajstić information content (AvgIpc) is 2.20. The molecule has 6 heteroatoms. The largest absolute Gasteiger partial charge is 0.483 e. The third-order valence-corrected chi connectivity index (χ3v) is 1.22. The van der Waals surface area contributed by atoms with Crippen LogP contribution in [0.25, 0.3) is 0 Å². The quantitative estimate of drug-likeness (QED) is 0.471. The van der Waals surface area contributed by atoms with Gasteiger partial charge in [0.1, 0.15) is 11.5 Å². The predicted molar refractivity (Wildman–Crippen MR) is 54.6 cm³/mol. The number of carboxylic acid groups (broad SMARTS) is 2. The number of carbonyl (C=O) groups is 2. The van der Waals surface area contributed by atoms with Crippen LogP contribution < -0.4 is 0 Å². The Morgan fingerprint density at radius 1 is 0.938 bits per heavy atom. The van der Waals surface area contributed by atoms with Gasteiger partial charge >= 0.3 is 11.9 Å². The van der Waals surface area contributed by atoms with Gasteiger partial charge in [-0.05, 0) is 12.2 Å². The molecule has 0 fully saturated rings. The summed E-state index contributed by atoms with van der Waals surface area (Å²) in [5.74, 6) is -2.00. The van der Waals surface area contributed by atoms with Crippen LogP contribution in [0.15, 0.2) is 36.8 Å². The van der Waals surface area contributed by atoms with Crippen molar-refractivity contribution in [2.45, 2.75) is 0 Å². The third kappa shape index (κ3) is 8.36. The Morgan fingerprint density at radius 3 is 1.50 bits per heavy atom. The van der Waals surface area contributed by atoms with Crippen LogP contribution in [0, 0.1) is 0 Å². The number of hydrogen-bond acceptors (Lipinski definition) is 4. The van der Waals surface area contributed by atoms with Gasteiger partial charge in [-0.15, -0.1) is 0 Å². The summed E-state index contributed by atoms with van der Waals surface area (Å²) in [7, 11) is 0. The molecule has 0 spiro atoms. The minimum atomic E-state index is -1.12. The van der Waals surface area contributed by atoms with Crippen molar-refractivity contribution in [2.75, 3.05) is 13.2 Å². The van der Waals surface area contributed by atoms with Gasteiger partial charge in [0.15, 0.2) is 13.2 Å². The van der Waals surface area contributed by atoms with Crippen molar-refractivity contribution in [3.8, 4) is 0 Å². The summed E-state index contributed by atoms with van der Waals surface area (Å²) >= 11 is 0. The molecular formula is C10H12O6. The first-order valence-electron chi connectivity index (χ1n) is 4.17. The van der Waals surface area contributed by atoms with E-state index in [2.05, 4.69) is 22.6 Å². The Kier molecular flexibility index (Phi) is 6.11. The maximum Gasteiger partial charge on any atom is 0.341 e.